The Balaban J connectivity index is 1.90. The molecule has 2 rings (SSSR count). The quantitative estimate of drug-likeness (QED) is 0.662. The summed E-state index contributed by atoms with van der Waals surface area (Å²) in [6, 6.07) is 14.3. The van der Waals surface area contributed by atoms with Gasteiger partial charge in [-0.2, -0.15) is 0 Å². The number of nitrogens with zero attached hydrogens (tertiary/aromatic N) is 2. The zero-order chi connectivity index (χ0) is 22.3. The molecule has 162 valence electrons. The van der Waals surface area contributed by atoms with Gasteiger partial charge in [-0.05, 0) is 44.0 Å². The van der Waals surface area contributed by atoms with Crippen LogP contribution in [0, 0.1) is 13.8 Å². The summed E-state index contributed by atoms with van der Waals surface area (Å²) in [4.78, 5) is 29.9. The fraction of sp³-hybridized carbons (Fsp3) is 0.417. The van der Waals surface area contributed by atoms with Crippen molar-refractivity contribution in [3.05, 3.63) is 59.2 Å². The van der Waals surface area contributed by atoms with E-state index in [1.54, 1.807) is 7.05 Å². The zero-order valence-corrected chi connectivity index (χ0v) is 19.1. The van der Waals surface area contributed by atoms with Crippen molar-refractivity contribution in [1.29, 1.82) is 0 Å². The molecular weight excluding hydrogens is 376 g/mol. The van der Waals surface area contributed by atoms with Crippen molar-refractivity contribution in [3.63, 3.8) is 0 Å². The van der Waals surface area contributed by atoms with Crippen LogP contribution in [0.5, 0.6) is 0 Å². The van der Waals surface area contributed by atoms with Crippen molar-refractivity contribution in [1.82, 2.24) is 4.90 Å². The molecule has 2 amide bonds. The summed E-state index contributed by atoms with van der Waals surface area (Å²) in [6.07, 6.45) is 0. The Kier molecular flexibility index (Phi) is 8.42. The van der Waals surface area contributed by atoms with Crippen LogP contribution in [-0.2, 0) is 16.1 Å². The molecule has 0 aliphatic heterocycles. The Morgan fingerprint density at radius 1 is 0.967 bits per heavy atom. The number of quaternary nitrogens is 1. The molecule has 0 fully saturated rings. The van der Waals surface area contributed by atoms with E-state index in [2.05, 4.69) is 41.4 Å². The number of hydrogen-bond acceptors (Lipinski definition) is 3. The first kappa shape index (κ1) is 23.4. The van der Waals surface area contributed by atoms with Crippen molar-refractivity contribution in [2.45, 2.75) is 27.3 Å². The Morgan fingerprint density at radius 2 is 1.57 bits per heavy atom. The average Bonchev–Trinajstić information content (AvgIpc) is 2.70. The second-order valence-corrected chi connectivity index (χ2v) is 8.08. The van der Waals surface area contributed by atoms with Gasteiger partial charge in [0.25, 0.3) is 5.91 Å². The van der Waals surface area contributed by atoms with Gasteiger partial charge in [-0.15, -0.1) is 0 Å². The average molecular weight is 412 g/mol. The fourth-order valence-electron chi connectivity index (χ4n) is 3.36. The van der Waals surface area contributed by atoms with Crippen LogP contribution in [-0.4, -0.2) is 57.5 Å². The maximum Gasteiger partial charge on any atom is 0.277 e. The number of carbonyl (C=O) groups excluding carboxylic acids is 2. The molecule has 2 aromatic rings. The zero-order valence-electron chi connectivity index (χ0n) is 19.1. The van der Waals surface area contributed by atoms with E-state index in [0.717, 1.165) is 35.6 Å². The molecule has 1 atom stereocenters. The molecule has 6 heteroatoms. The first-order valence-corrected chi connectivity index (χ1v) is 10.4. The van der Waals surface area contributed by atoms with E-state index in [-0.39, 0.29) is 18.4 Å². The number of hydrogen-bond donors (Lipinski definition) is 2. The molecule has 0 bridgehead atoms. The molecule has 1 unspecified atom stereocenters. The lowest BCUT2D eigenvalue weighted by molar-refractivity contribution is -0.904. The van der Waals surface area contributed by atoms with Gasteiger partial charge in [0.05, 0.1) is 13.1 Å². The first-order valence-electron chi connectivity index (χ1n) is 10.4. The number of para-hydroxylation sites is 1. The third kappa shape index (κ3) is 6.59. The molecule has 6 nitrogen and oxygen atoms in total. The molecule has 0 saturated carbocycles. The highest BCUT2D eigenvalue weighted by Crippen LogP contribution is 2.19. The minimum atomic E-state index is -0.180. The van der Waals surface area contributed by atoms with Crippen molar-refractivity contribution in [2.75, 3.05) is 51.0 Å². The number of benzene rings is 2. The van der Waals surface area contributed by atoms with Crippen molar-refractivity contribution >= 4 is 23.2 Å². The van der Waals surface area contributed by atoms with E-state index in [4.69, 9.17) is 0 Å². The highest BCUT2D eigenvalue weighted by Gasteiger charge is 2.19. The molecule has 0 saturated heterocycles. The summed E-state index contributed by atoms with van der Waals surface area (Å²) < 4.78 is 0. The number of likely N-dealkylation sites (N-methyl/N-ethyl adjacent to an activating group) is 2. The van der Waals surface area contributed by atoms with E-state index < -0.39 is 0 Å². The van der Waals surface area contributed by atoms with Crippen molar-refractivity contribution in [3.8, 4) is 0 Å². The van der Waals surface area contributed by atoms with Crippen LogP contribution in [0.4, 0.5) is 11.4 Å². The maximum absolute atomic E-state index is 12.7. The highest BCUT2D eigenvalue weighted by atomic mass is 16.2. The summed E-state index contributed by atoms with van der Waals surface area (Å²) in [7, 11) is 5.72. The Hall–Kier alpha value is -2.86. The second-order valence-electron chi connectivity index (χ2n) is 8.08. The SMILES string of the molecule is CC[NH+](CC(=O)N(C)CC(=O)Nc1c(C)cccc1C)Cc1ccc(N(C)C)cc1. The number of rotatable bonds is 9. The summed E-state index contributed by atoms with van der Waals surface area (Å²) in [6.45, 7) is 8.02. The number of anilines is 2. The van der Waals surface area contributed by atoms with Crippen LogP contribution in [0.15, 0.2) is 42.5 Å². The molecule has 2 aromatic carbocycles. The molecule has 2 N–H and O–H groups in total. The lowest BCUT2D eigenvalue weighted by Crippen LogP contribution is -3.11. The lowest BCUT2D eigenvalue weighted by atomic mass is 10.1. The van der Waals surface area contributed by atoms with Gasteiger partial charge in [-0.25, -0.2) is 0 Å². The van der Waals surface area contributed by atoms with Crippen molar-refractivity contribution < 1.29 is 14.5 Å². The maximum atomic E-state index is 12.7. The monoisotopic (exact) mass is 411 g/mol. The molecule has 30 heavy (non-hydrogen) atoms. The van der Waals surface area contributed by atoms with E-state index in [1.807, 2.05) is 46.1 Å². The standard InChI is InChI=1S/C24H34N4O2/c1-7-28(15-20-11-13-21(14-12-20)26(4)5)17-23(30)27(6)16-22(29)25-24-18(2)9-8-10-19(24)3/h8-14H,7,15-17H2,1-6H3,(H,25,29)/p+1. The predicted octanol–water partition coefficient (Wildman–Crippen LogP) is 1.87. The summed E-state index contributed by atoms with van der Waals surface area (Å²) >= 11 is 0. The van der Waals surface area contributed by atoms with E-state index >= 15 is 0 Å². The van der Waals surface area contributed by atoms with Gasteiger partial charge in [0.15, 0.2) is 6.54 Å². The Labute approximate surface area is 180 Å². The van der Waals surface area contributed by atoms with Crippen LogP contribution in [0.2, 0.25) is 0 Å². The van der Waals surface area contributed by atoms with Crippen LogP contribution in [0.1, 0.15) is 23.6 Å². The van der Waals surface area contributed by atoms with Crippen molar-refractivity contribution in [2.24, 2.45) is 0 Å². The van der Waals surface area contributed by atoms with Gasteiger partial charge < -0.3 is 20.0 Å². The van der Waals surface area contributed by atoms with Crippen LogP contribution >= 0.6 is 0 Å². The van der Waals surface area contributed by atoms with Crippen LogP contribution < -0.4 is 15.1 Å². The second kappa shape index (κ2) is 10.8. The van der Waals surface area contributed by atoms with Gasteiger partial charge in [0.2, 0.25) is 5.91 Å². The van der Waals surface area contributed by atoms with E-state index in [1.165, 1.54) is 15.4 Å². The Morgan fingerprint density at radius 3 is 2.10 bits per heavy atom. The van der Waals surface area contributed by atoms with Gasteiger partial charge in [-0.1, -0.05) is 30.3 Å². The minimum absolute atomic E-state index is 0.0339. The van der Waals surface area contributed by atoms with E-state index in [0.29, 0.717) is 6.54 Å². The first-order chi connectivity index (χ1) is 14.2. The third-order valence-corrected chi connectivity index (χ3v) is 5.36. The van der Waals surface area contributed by atoms with Gasteiger partial charge >= 0.3 is 0 Å². The topological polar surface area (TPSA) is 57.1 Å². The Bertz CT molecular complexity index is 842. The number of amides is 2. The van der Waals surface area contributed by atoms with Crippen LogP contribution in [0.25, 0.3) is 0 Å². The molecule has 0 aliphatic rings. The third-order valence-electron chi connectivity index (χ3n) is 5.36. The molecule has 0 aliphatic carbocycles. The number of aryl methyl sites for hydroxylation is 2. The largest absolute Gasteiger partial charge is 0.378 e. The van der Waals surface area contributed by atoms with E-state index in [9.17, 15) is 9.59 Å². The summed E-state index contributed by atoms with van der Waals surface area (Å²) in [5.74, 6) is -0.214. The van der Waals surface area contributed by atoms with Crippen LogP contribution in [0.3, 0.4) is 0 Å². The summed E-state index contributed by atoms with van der Waals surface area (Å²) in [5.41, 5.74) is 5.20. The van der Waals surface area contributed by atoms with Gasteiger partial charge in [0, 0.05) is 38.1 Å². The lowest BCUT2D eigenvalue weighted by Gasteiger charge is -2.22. The molecule has 0 radical (unpaired) electrons. The number of nitrogens with one attached hydrogen (secondary N) is 2. The van der Waals surface area contributed by atoms with Gasteiger partial charge in [0.1, 0.15) is 6.54 Å². The molecular formula is C24H35N4O2+. The fourth-order valence-corrected chi connectivity index (χ4v) is 3.36. The molecule has 0 spiro atoms. The smallest absolute Gasteiger partial charge is 0.277 e. The minimum Gasteiger partial charge on any atom is -0.378 e. The normalized spacial score (nSPS) is 11.7. The highest BCUT2D eigenvalue weighted by molar-refractivity contribution is 5.95. The predicted molar refractivity (Wildman–Crippen MR) is 123 cm³/mol. The molecule has 0 aromatic heterocycles. The summed E-state index contributed by atoms with van der Waals surface area (Å²) in [5, 5.41) is 2.94. The number of carbonyl (C=O) groups is 2. The molecule has 0 heterocycles. The van der Waals surface area contributed by atoms with Gasteiger partial charge in [-0.3, -0.25) is 9.59 Å².